The summed E-state index contributed by atoms with van der Waals surface area (Å²) in [5.41, 5.74) is 7.22. The van der Waals surface area contributed by atoms with E-state index in [9.17, 15) is 4.79 Å². The number of hydrazine groups is 1. The molecule has 2 aromatic carbocycles. The highest BCUT2D eigenvalue weighted by atomic mass is 35.5. The van der Waals surface area contributed by atoms with Gasteiger partial charge in [-0.05, 0) is 36.4 Å². The molecule has 0 aliphatic rings. The van der Waals surface area contributed by atoms with E-state index in [-0.39, 0.29) is 5.91 Å². The lowest BCUT2D eigenvalue weighted by Gasteiger charge is -2.09. The number of thioether (sulfide) groups is 1. The van der Waals surface area contributed by atoms with Crippen molar-refractivity contribution >= 4 is 57.2 Å². The van der Waals surface area contributed by atoms with E-state index in [2.05, 4.69) is 16.2 Å². The van der Waals surface area contributed by atoms with Gasteiger partial charge in [-0.2, -0.15) is 0 Å². The van der Waals surface area contributed by atoms with Crippen LogP contribution in [0.25, 0.3) is 0 Å². The molecule has 0 saturated heterocycles. The fourth-order valence-corrected chi connectivity index (χ4v) is 2.81. The summed E-state index contributed by atoms with van der Waals surface area (Å²) in [6.45, 7) is 0. The lowest BCUT2D eigenvalue weighted by Crippen LogP contribution is -2.29. The lowest BCUT2D eigenvalue weighted by molar-refractivity contribution is -0.120. The molecular formula is C16H16ClN3OS2. The van der Waals surface area contributed by atoms with Crippen LogP contribution in [0, 0.1) is 0 Å². The molecule has 0 aromatic heterocycles. The van der Waals surface area contributed by atoms with E-state index < -0.39 is 0 Å². The first-order chi connectivity index (χ1) is 11.1. The van der Waals surface area contributed by atoms with E-state index >= 15 is 0 Å². The zero-order chi connectivity index (χ0) is 16.5. The van der Waals surface area contributed by atoms with Crippen molar-refractivity contribution in [2.24, 2.45) is 0 Å². The number of hydrogen-bond donors (Lipinski definition) is 3. The fourth-order valence-electron chi connectivity index (χ4n) is 1.65. The van der Waals surface area contributed by atoms with Gasteiger partial charge in [-0.3, -0.25) is 15.6 Å². The van der Waals surface area contributed by atoms with Gasteiger partial charge in [0.1, 0.15) is 4.32 Å². The van der Waals surface area contributed by atoms with Crippen LogP contribution >= 0.6 is 35.6 Å². The third-order valence-electron chi connectivity index (χ3n) is 2.77. The van der Waals surface area contributed by atoms with Gasteiger partial charge in [0.05, 0.1) is 5.69 Å². The predicted molar refractivity (Wildman–Crippen MR) is 103 cm³/mol. The van der Waals surface area contributed by atoms with E-state index in [0.717, 1.165) is 11.4 Å². The largest absolute Gasteiger partial charge is 0.341 e. The van der Waals surface area contributed by atoms with Crippen molar-refractivity contribution < 1.29 is 4.79 Å². The van der Waals surface area contributed by atoms with Crippen LogP contribution in [0.1, 0.15) is 6.42 Å². The maximum atomic E-state index is 11.7. The van der Waals surface area contributed by atoms with Gasteiger partial charge in [0.15, 0.2) is 0 Å². The number of hydrogen-bond acceptors (Lipinski definition) is 4. The average Bonchev–Trinajstić information content (AvgIpc) is 2.56. The molecule has 2 aromatic rings. The monoisotopic (exact) mass is 365 g/mol. The first-order valence-electron chi connectivity index (χ1n) is 6.93. The van der Waals surface area contributed by atoms with E-state index in [4.69, 9.17) is 23.8 Å². The molecule has 0 spiro atoms. The topological polar surface area (TPSA) is 53.2 Å². The molecule has 23 heavy (non-hydrogen) atoms. The Morgan fingerprint density at radius 2 is 1.74 bits per heavy atom. The standard InChI is InChI=1S/C16H16ClN3OS2/c17-12-6-8-13(9-7-12)18-16(22)23-11-10-15(21)20-19-14-4-2-1-3-5-14/h1-9,19H,10-11H2,(H,18,22)(H,20,21). The van der Waals surface area contributed by atoms with Crippen molar-refractivity contribution in [2.75, 3.05) is 16.5 Å². The number of amides is 1. The molecule has 120 valence electrons. The highest BCUT2D eigenvalue weighted by Gasteiger charge is 2.04. The number of carbonyl (C=O) groups excluding carboxylic acids is 1. The number of rotatable bonds is 6. The SMILES string of the molecule is O=C(CCSC(=S)Nc1ccc(Cl)cc1)NNc1ccccc1. The van der Waals surface area contributed by atoms with Crippen LogP contribution in [0.15, 0.2) is 54.6 Å². The summed E-state index contributed by atoms with van der Waals surface area (Å²) in [6, 6.07) is 16.7. The smallest absolute Gasteiger partial charge is 0.239 e. The minimum atomic E-state index is -0.0874. The molecule has 0 radical (unpaired) electrons. The highest BCUT2D eigenvalue weighted by Crippen LogP contribution is 2.16. The number of para-hydroxylation sites is 1. The maximum absolute atomic E-state index is 11.7. The third-order valence-corrected chi connectivity index (χ3v) is 4.25. The van der Waals surface area contributed by atoms with E-state index in [1.165, 1.54) is 11.8 Å². The molecule has 0 atom stereocenters. The maximum Gasteiger partial charge on any atom is 0.239 e. The number of nitrogens with one attached hydrogen (secondary N) is 3. The zero-order valence-electron chi connectivity index (χ0n) is 12.2. The Kier molecular flexibility index (Phi) is 7.19. The molecule has 0 heterocycles. The molecule has 4 nitrogen and oxygen atoms in total. The van der Waals surface area contributed by atoms with Crippen molar-refractivity contribution in [3.63, 3.8) is 0 Å². The summed E-state index contributed by atoms with van der Waals surface area (Å²) in [4.78, 5) is 11.7. The van der Waals surface area contributed by atoms with E-state index in [1.54, 1.807) is 12.1 Å². The second kappa shape index (κ2) is 9.39. The van der Waals surface area contributed by atoms with Crippen molar-refractivity contribution in [2.45, 2.75) is 6.42 Å². The van der Waals surface area contributed by atoms with Gasteiger partial charge in [-0.25, -0.2) is 0 Å². The second-order valence-corrected chi connectivity index (χ2v) is 6.77. The van der Waals surface area contributed by atoms with Gasteiger partial charge in [-0.15, -0.1) is 0 Å². The molecule has 3 N–H and O–H groups in total. The Bertz CT molecular complexity index is 650. The van der Waals surface area contributed by atoms with Gasteiger partial charge in [0.25, 0.3) is 0 Å². The molecule has 0 aliphatic heterocycles. The second-order valence-electron chi connectivity index (χ2n) is 4.56. The third kappa shape index (κ3) is 6.90. The zero-order valence-corrected chi connectivity index (χ0v) is 14.6. The molecule has 0 fully saturated rings. The first-order valence-corrected chi connectivity index (χ1v) is 8.70. The van der Waals surface area contributed by atoms with Crippen LogP contribution in [0.4, 0.5) is 11.4 Å². The van der Waals surface area contributed by atoms with Crippen LogP contribution in [-0.4, -0.2) is 16.0 Å². The quantitative estimate of drug-likeness (QED) is 0.526. The molecule has 0 aliphatic carbocycles. The Labute approximate surface area is 150 Å². The average molecular weight is 366 g/mol. The highest BCUT2D eigenvalue weighted by molar-refractivity contribution is 8.23. The number of halogens is 1. The summed E-state index contributed by atoms with van der Waals surface area (Å²) in [7, 11) is 0. The van der Waals surface area contributed by atoms with Crippen molar-refractivity contribution in [1.29, 1.82) is 0 Å². The van der Waals surface area contributed by atoms with Crippen LogP contribution in [-0.2, 0) is 4.79 Å². The van der Waals surface area contributed by atoms with Gasteiger partial charge >= 0.3 is 0 Å². The number of carbonyl (C=O) groups is 1. The van der Waals surface area contributed by atoms with Gasteiger partial charge in [-0.1, -0.05) is 53.8 Å². The van der Waals surface area contributed by atoms with Crippen LogP contribution < -0.4 is 16.2 Å². The van der Waals surface area contributed by atoms with Crippen LogP contribution in [0.3, 0.4) is 0 Å². The molecule has 1 amide bonds. The molecule has 0 unspecified atom stereocenters. The fraction of sp³-hybridized carbons (Fsp3) is 0.125. The van der Waals surface area contributed by atoms with Crippen LogP contribution in [0.2, 0.25) is 5.02 Å². The summed E-state index contributed by atoms with van der Waals surface area (Å²) in [5, 5.41) is 3.77. The summed E-state index contributed by atoms with van der Waals surface area (Å²) in [5.74, 6) is 0.512. The minimum absolute atomic E-state index is 0.0874. The Morgan fingerprint density at radius 1 is 1.04 bits per heavy atom. The molecule has 2 rings (SSSR count). The van der Waals surface area contributed by atoms with Crippen molar-refractivity contribution in [3.8, 4) is 0 Å². The Hall–Kier alpha value is -1.76. The van der Waals surface area contributed by atoms with E-state index in [1.807, 2.05) is 42.5 Å². The number of benzene rings is 2. The molecule has 0 saturated carbocycles. The first kappa shape index (κ1) is 17.6. The van der Waals surface area contributed by atoms with Crippen molar-refractivity contribution in [3.05, 3.63) is 59.6 Å². The molecule has 0 bridgehead atoms. The molecule has 7 heteroatoms. The van der Waals surface area contributed by atoms with Crippen LogP contribution in [0.5, 0.6) is 0 Å². The van der Waals surface area contributed by atoms with E-state index in [0.29, 0.717) is 21.5 Å². The minimum Gasteiger partial charge on any atom is -0.341 e. The summed E-state index contributed by atoms with van der Waals surface area (Å²) < 4.78 is 0.621. The summed E-state index contributed by atoms with van der Waals surface area (Å²) in [6.07, 6.45) is 0.368. The number of thiocarbonyl (C=S) groups is 1. The predicted octanol–water partition coefficient (Wildman–Crippen LogP) is 4.30. The van der Waals surface area contributed by atoms with Gasteiger partial charge < -0.3 is 5.32 Å². The lowest BCUT2D eigenvalue weighted by atomic mass is 10.3. The summed E-state index contributed by atoms with van der Waals surface area (Å²) >= 11 is 12.5. The van der Waals surface area contributed by atoms with Gasteiger partial charge in [0.2, 0.25) is 5.91 Å². The molecular weight excluding hydrogens is 350 g/mol. The Morgan fingerprint density at radius 3 is 2.43 bits per heavy atom. The normalized spacial score (nSPS) is 9.96. The van der Waals surface area contributed by atoms with Gasteiger partial charge in [0, 0.05) is 22.9 Å². The number of anilines is 2. The van der Waals surface area contributed by atoms with Crippen molar-refractivity contribution in [1.82, 2.24) is 5.43 Å². The Balaban J connectivity index is 1.63.